The number of para-hydroxylation sites is 2. The Labute approximate surface area is 370 Å². The van der Waals surface area contributed by atoms with Crippen LogP contribution in [0, 0.1) is 0 Å². The summed E-state index contributed by atoms with van der Waals surface area (Å²) in [6, 6.07) is 36.0. The van der Waals surface area contributed by atoms with Crippen molar-refractivity contribution in [1.29, 1.82) is 0 Å². The van der Waals surface area contributed by atoms with E-state index in [0.29, 0.717) is 62.1 Å². The van der Waals surface area contributed by atoms with Crippen LogP contribution in [0.25, 0.3) is 12.2 Å². The summed E-state index contributed by atoms with van der Waals surface area (Å²) >= 11 is 0. The third-order valence-electron chi connectivity index (χ3n) is 8.70. The molecule has 16 heteroatoms. The van der Waals surface area contributed by atoms with Gasteiger partial charge in [-0.2, -0.15) is 29.9 Å². The molecule has 2 aromatic heterocycles. The van der Waals surface area contributed by atoms with E-state index in [4.69, 9.17) is 29.4 Å². The zero-order valence-electron chi connectivity index (χ0n) is 31.6. The van der Waals surface area contributed by atoms with Crippen molar-refractivity contribution in [1.82, 2.24) is 29.9 Å². The van der Waals surface area contributed by atoms with Gasteiger partial charge in [0.15, 0.2) is 0 Å². The molecule has 4 aromatic carbocycles. The Balaban J connectivity index is 0.00000266. The summed E-state index contributed by atoms with van der Waals surface area (Å²) in [4.78, 5) is 32.4. The largest absolute Gasteiger partial charge is 0.378 e. The Bertz CT molecular complexity index is 2000. The third kappa shape index (κ3) is 11.5. The number of rotatable bonds is 12. The molecule has 0 unspecified atom stereocenters. The average Bonchev–Trinajstić information content (AvgIpc) is 3.22. The number of nitrogens with zero attached hydrogens (tertiary/aromatic N) is 8. The van der Waals surface area contributed by atoms with Crippen LogP contribution < -0.4 is 31.1 Å². The van der Waals surface area contributed by atoms with E-state index in [1.54, 1.807) is 0 Å². The maximum atomic E-state index is 5.53. The Morgan fingerprint density at radius 3 is 1.02 bits per heavy atom. The van der Waals surface area contributed by atoms with Gasteiger partial charge >= 0.3 is 0 Å². The maximum Gasteiger partial charge on any atom is 0.233 e. The van der Waals surface area contributed by atoms with Crippen molar-refractivity contribution in [3.63, 3.8) is 0 Å². The van der Waals surface area contributed by atoms with Gasteiger partial charge in [-0.05, 0) is 59.7 Å². The van der Waals surface area contributed by atoms with Gasteiger partial charge in [-0.3, -0.25) is 0 Å². The van der Waals surface area contributed by atoms with E-state index in [9.17, 15) is 0 Å². The Kier molecular flexibility index (Phi) is 15.0. The molecule has 0 amide bonds. The van der Waals surface area contributed by atoms with Crippen molar-refractivity contribution in [3.8, 4) is 0 Å². The van der Waals surface area contributed by atoms with E-state index in [1.165, 1.54) is 0 Å². The van der Waals surface area contributed by atoms with Crippen LogP contribution in [0.15, 0.2) is 109 Å². The van der Waals surface area contributed by atoms with Crippen LogP contribution in [-0.2, 0) is 9.47 Å². The minimum Gasteiger partial charge on any atom is -0.378 e. The zero-order chi connectivity index (χ0) is 36.4. The number of anilines is 10. The Hall–Kier alpha value is -4.64. The van der Waals surface area contributed by atoms with Crippen LogP contribution >= 0.6 is 0 Å². The van der Waals surface area contributed by atoms with E-state index < -0.39 is 0 Å². The number of ether oxygens (including phenoxy) is 2. The molecule has 2 aliphatic heterocycles. The smallest absolute Gasteiger partial charge is 0.233 e. The van der Waals surface area contributed by atoms with E-state index in [1.807, 2.05) is 84.9 Å². The Morgan fingerprint density at radius 2 is 0.696 bits per heavy atom. The number of hydrogen-bond donors (Lipinski definition) is 4. The molecule has 14 nitrogen and oxygen atoms in total. The van der Waals surface area contributed by atoms with Crippen LogP contribution in [0.1, 0.15) is 11.1 Å². The molecular formula is C40H40N12Na2O2. The van der Waals surface area contributed by atoms with Crippen molar-refractivity contribution < 1.29 is 9.47 Å². The van der Waals surface area contributed by atoms with Gasteiger partial charge in [0.25, 0.3) is 0 Å². The molecule has 4 N–H and O–H groups in total. The van der Waals surface area contributed by atoms with Crippen LogP contribution in [0.5, 0.6) is 0 Å². The summed E-state index contributed by atoms with van der Waals surface area (Å²) in [5.41, 5.74) is 5.64. The van der Waals surface area contributed by atoms with Crippen LogP contribution in [0.2, 0.25) is 0 Å². The molecule has 56 heavy (non-hydrogen) atoms. The zero-order valence-corrected chi connectivity index (χ0v) is 35.6. The molecule has 0 saturated carbocycles. The predicted molar refractivity (Wildman–Crippen MR) is 225 cm³/mol. The Morgan fingerprint density at radius 1 is 0.393 bits per heavy atom. The fourth-order valence-electron chi connectivity index (χ4n) is 5.87. The first kappa shape index (κ1) is 41.0. The van der Waals surface area contributed by atoms with Gasteiger partial charge in [0.05, 0.1) is 26.4 Å². The summed E-state index contributed by atoms with van der Waals surface area (Å²) in [5.74, 6) is 3.06. The number of hydrogen-bond acceptors (Lipinski definition) is 14. The minimum absolute atomic E-state index is 0. The molecule has 2 radical (unpaired) electrons. The van der Waals surface area contributed by atoms with Gasteiger partial charge < -0.3 is 40.5 Å². The average molecular weight is 767 g/mol. The molecule has 2 saturated heterocycles. The second-order valence-electron chi connectivity index (χ2n) is 12.6. The first-order chi connectivity index (χ1) is 26.7. The van der Waals surface area contributed by atoms with Crippen LogP contribution in [-0.4, -0.2) is 142 Å². The van der Waals surface area contributed by atoms with Crippen molar-refractivity contribution in [2.75, 3.05) is 83.7 Å². The second-order valence-corrected chi connectivity index (χ2v) is 12.6. The number of aromatic nitrogens is 6. The van der Waals surface area contributed by atoms with Gasteiger partial charge in [0.2, 0.25) is 35.7 Å². The van der Waals surface area contributed by atoms with E-state index in [-0.39, 0.29) is 59.1 Å². The molecule has 274 valence electrons. The van der Waals surface area contributed by atoms with E-state index in [0.717, 1.165) is 60.1 Å². The van der Waals surface area contributed by atoms with E-state index in [2.05, 4.69) is 77.5 Å². The first-order valence-electron chi connectivity index (χ1n) is 17.9. The van der Waals surface area contributed by atoms with Crippen molar-refractivity contribution in [2.24, 2.45) is 0 Å². The quantitative estimate of drug-likeness (QED) is 0.0838. The number of benzene rings is 4. The summed E-state index contributed by atoms with van der Waals surface area (Å²) in [6.45, 7) is 5.42. The standard InChI is InChI=1S/C40H40N12O2.2Na/c1-3-7-31(8-4-1)41-35-45-37(49-39(47-35)51-21-25-53-26-22-51)43-33-17-13-29(14-18-33)11-12-30-15-19-34(20-16-30)44-38-46-36(42-32-9-5-2-6-10-32)48-40(50-38)52-23-27-54-28-24-52;;/h1-20H,21-28H2,(H2,41,43,45,47,49)(H2,42,44,46,48,50);;. The van der Waals surface area contributed by atoms with Crippen LogP contribution in [0.4, 0.5) is 58.4 Å². The number of nitrogens with one attached hydrogen (secondary N) is 4. The van der Waals surface area contributed by atoms with Crippen molar-refractivity contribution >= 4 is 130 Å². The fourth-order valence-corrected chi connectivity index (χ4v) is 5.87. The molecule has 0 atom stereocenters. The van der Waals surface area contributed by atoms with Crippen LogP contribution in [0.3, 0.4) is 0 Å². The topological polar surface area (TPSA) is 150 Å². The van der Waals surface area contributed by atoms with Gasteiger partial charge in [-0.1, -0.05) is 72.8 Å². The number of morpholine rings is 2. The fraction of sp³-hybridized carbons (Fsp3) is 0.200. The minimum atomic E-state index is 0. The molecule has 2 aliphatic rings. The van der Waals surface area contributed by atoms with E-state index >= 15 is 0 Å². The molecule has 2 fully saturated rings. The molecule has 4 heterocycles. The summed E-state index contributed by atoms with van der Waals surface area (Å²) < 4.78 is 11.1. The summed E-state index contributed by atoms with van der Waals surface area (Å²) in [5, 5.41) is 13.3. The first-order valence-corrected chi connectivity index (χ1v) is 17.9. The molecule has 0 bridgehead atoms. The van der Waals surface area contributed by atoms with Gasteiger partial charge in [-0.25, -0.2) is 0 Å². The molecule has 8 rings (SSSR count). The van der Waals surface area contributed by atoms with Crippen molar-refractivity contribution in [2.45, 2.75) is 0 Å². The van der Waals surface area contributed by atoms with Crippen molar-refractivity contribution in [3.05, 3.63) is 120 Å². The normalized spacial score (nSPS) is 14.0. The molecule has 0 aliphatic carbocycles. The molecule has 0 spiro atoms. The predicted octanol–water partition coefficient (Wildman–Crippen LogP) is 6.11. The summed E-state index contributed by atoms with van der Waals surface area (Å²) in [6.07, 6.45) is 4.16. The third-order valence-corrected chi connectivity index (χ3v) is 8.70. The monoisotopic (exact) mass is 766 g/mol. The van der Waals surface area contributed by atoms with Gasteiger partial charge in [0, 0.05) is 108 Å². The maximum absolute atomic E-state index is 5.53. The van der Waals surface area contributed by atoms with Gasteiger partial charge in [-0.15, -0.1) is 0 Å². The summed E-state index contributed by atoms with van der Waals surface area (Å²) in [7, 11) is 0. The molecule has 6 aromatic rings. The molecular weight excluding hydrogens is 727 g/mol. The van der Waals surface area contributed by atoms with Gasteiger partial charge in [0.1, 0.15) is 0 Å². The second kappa shape index (κ2) is 20.5. The SMILES string of the molecule is C(=Cc1ccc(Nc2nc(Nc3ccccc3)nc(N3CCOCC3)n2)cc1)c1ccc(Nc2nc(Nc3ccccc3)nc(N3CCOCC3)n2)cc1.[Na].[Na].